The maximum atomic E-state index is 8.80. The first kappa shape index (κ1) is 9.27. The van der Waals surface area contributed by atoms with Crippen molar-refractivity contribution < 1.29 is 10.0 Å². The summed E-state index contributed by atoms with van der Waals surface area (Å²) in [7, 11) is -1.65. The molecule has 0 aliphatic heterocycles. The highest BCUT2D eigenvalue weighted by molar-refractivity contribution is 6.58. The molecule has 0 spiro atoms. The molecule has 0 aliphatic rings. The number of benzene rings is 1. The van der Waals surface area contributed by atoms with Crippen molar-refractivity contribution in [3.63, 3.8) is 0 Å². The Balaban J connectivity index is 3.27. The third-order valence-electron chi connectivity index (χ3n) is 1.51. The van der Waals surface area contributed by atoms with Crippen LogP contribution in [0.25, 0.3) is 0 Å². The van der Waals surface area contributed by atoms with Gasteiger partial charge in [-0.05, 0) is 23.7 Å². The van der Waals surface area contributed by atoms with Crippen molar-refractivity contribution in [1.82, 2.24) is 0 Å². The summed E-state index contributed by atoms with van der Waals surface area (Å²) < 4.78 is 0. The quantitative estimate of drug-likeness (QED) is 0.537. The molecule has 0 aliphatic carbocycles. The molecule has 0 heterocycles. The third-order valence-corrected chi connectivity index (χ3v) is 1.51. The zero-order chi connectivity index (χ0) is 9.84. The minimum Gasteiger partial charge on any atom is -0.423 e. The second-order valence-electron chi connectivity index (χ2n) is 2.44. The van der Waals surface area contributed by atoms with Crippen LogP contribution in [0.5, 0.6) is 0 Å². The molecule has 2 N–H and O–H groups in total. The lowest BCUT2D eigenvalue weighted by Crippen LogP contribution is -2.30. The molecule has 4 nitrogen and oxygen atoms in total. The number of hydrogen-bond donors (Lipinski definition) is 2. The fourth-order valence-electron chi connectivity index (χ4n) is 0.930. The van der Waals surface area contributed by atoms with Crippen molar-refractivity contribution >= 4 is 12.6 Å². The lowest BCUT2D eigenvalue weighted by atomic mass is 9.79. The Labute approximate surface area is 75.4 Å². The van der Waals surface area contributed by atoms with Crippen LogP contribution in [0.15, 0.2) is 18.2 Å². The molecule has 0 unspecified atom stereocenters. The van der Waals surface area contributed by atoms with Gasteiger partial charge >= 0.3 is 7.12 Å². The molecule has 0 saturated carbocycles. The van der Waals surface area contributed by atoms with Crippen molar-refractivity contribution in [2.45, 2.75) is 0 Å². The van der Waals surface area contributed by atoms with E-state index in [9.17, 15) is 0 Å². The van der Waals surface area contributed by atoms with E-state index in [4.69, 9.17) is 20.6 Å². The van der Waals surface area contributed by atoms with Crippen LogP contribution >= 0.6 is 0 Å². The van der Waals surface area contributed by atoms with Crippen molar-refractivity contribution in [1.29, 1.82) is 10.5 Å². The third kappa shape index (κ3) is 2.06. The predicted octanol–water partition coefficient (Wildman–Crippen LogP) is -0.890. The molecule has 0 radical (unpaired) electrons. The lowest BCUT2D eigenvalue weighted by Gasteiger charge is -1.99. The number of hydrogen-bond acceptors (Lipinski definition) is 4. The van der Waals surface area contributed by atoms with Crippen molar-refractivity contribution in [2.75, 3.05) is 0 Å². The monoisotopic (exact) mass is 172 g/mol. The SMILES string of the molecule is N#Cc1cc(C#N)cc(B(O)O)c1. The molecule has 0 saturated heterocycles. The van der Waals surface area contributed by atoms with E-state index >= 15 is 0 Å². The van der Waals surface area contributed by atoms with Gasteiger partial charge in [0, 0.05) is 0 Å². The van der Waals surface area contributed by atoms with E-state index in [1.54, 1.807) is 0 Å². The highest BCUT2D eigenvalue weighted by atomic mass is 16.4. The Morgan fingerprint density at radius 3 is 1.77 bits per heavy atom. The van der Waals surface area contributed by atoms with Crippen LogP contribution < -0.4 is 5.46 Å². The van der Waals surface area contributed by atoms with E-state index in [-0.39, 0.29) is 16.6 Å². The molecule has 0 bridgehead atoms. The van der Waals surface area contributed by atoms with E-state index in [1.807, 2.05) is 12.1 Å². The first-order valence-electron chi connectivity index (χ1n) is 3.48. The summed E-state index contributed by atoms with van der Waals surface area (Å²) in [5, 5.41) is 34.7. The Bertz CT molecular complexity index is 371. The number of rotatable bonds is 1. The summed E-state index contributed by atoms with van der Waals surface area (Å²) in [6.07, 6.45) is 0. The maximum Gasteiger partial charge on any atom is 0.488 e. The maximum absolute atomic E-state index is 8.80. The number of nitrogens with zero attached hydrogens (tertiary/aromatic N) is 2. The second-order valence-corrected chi connectivity index (χ2v) is 2.44. The minimum absolute atomic E-state index is 0.149. The average molecular weight is 172 g/mol. The van der Waals surface area contributed by atoms with Gasteiger partial charge in [0.1, 0.15) is 0 Å². The summed E-state index contributed by atoms with van der Waals surface area (Å²) in [4.78, 5) is 0. The Hall–Kier alpha value is -1.82. The minimum atomic E-state index is -1.65. The Morgan fingerprint density at radius 2 is 1.46 bits per heavy atom. The lowest BCUT2D eigenvalue weighted by molar-refractivity contribution is 0.426. The average Bonchev–Trinajstić information content (AvgIpc) is 2.16. The second kappa shape index (κ2) is 3.73. The topological polar surface area (TPSA) is 88.0 Å². The van der Waals surface area contributed by atoms with Crippen molar-refractivity contribution in [3.8, 4) is 12.1 Å². The number of nitriles is 2. The van der Waals surface area contributed by atoms with Gasteiger partial charge in [-0.25, -0.2) is 0 Å². The smallest absolute Gasteiger partial charge is 0.423 e. The molecule has 0 aromatic heterocycles. The van der Waals surface area contributed by atoms with E-state index < -0.39 is 7.12 Å². The van der Waals surface area contributed by atoms with Gasteiger partial charge in [0.05, 0.1) is 23.3 Å². The first-order valence-corrected chi connectivity index (χ1v) is 3.48. The molecular weight excluding hydrogens is 167 g/mol. The van der Waals surface area contributed by atoms with Crippen LogP contribution in [-0.4, -0.2) is 17.2 Å². The molecule has 0 atom stereocenters. The predicted molar refractivity (Wildman–Crippen MR) is 45.7 cm³/mol. The standard InChI is InChI=1S/C8H5BN2O2/c10-4-6-1-7(5-11)3-8(2-6)9(12)13/h1-3,12-13H. The van der Waals surface area contributed by atoms with E-state index in [2.05, 4.69) is 0 Å². The largest absolute Gasteiger partial charge is 0.488 e. The molecule has 0 fully saturated rings. The van der Waals surface area contributed by atoms with Crippen LogP contribution in [0.1, 0.15) is 11.1 Å². The summed E-state index contributed by atoms with van der Waals surface area (Å²) in [5.74, 6) is 0. The Kier molecular flexibility index (Phi) is 2.66. The molecule has 1 aromatic rings. The van der Waals surface area contributed by atoms with E-state index in [0.29, 0.717) is 0 Å². The highest BCUT2D eigenvalue weighted by Gasteiger charge is 2.12. The van der Waals surface area contributed by atoms with Gasteiger partial charge in [0.25, 0.3) is 0 Å². The van der Waals surface area contributed by atoms with Gasteiger partial charge in [-0.3, -0.25) is 0 Å². The van der Waals surface area contributed by atoms with E-state index in [1.165, 1.54) is 18.2 Å². The first-order chi connectivity index (χ1) is 6.17. The van der Waals surface area contributed by atoms with Crippen molar-refractivity contribution in [3.05, 3.63) is 29.3 Å². The zero-order valence-electron chi connectivity index (χ0n) is 6.60. The van der Waals surface area contributed by atoms with Gasteiger partial charge in [-0.2, -0.15) is 10.5 Å². The molecule has 13 heavy (non-hydrogen) atoms. The van der Waals surface area contributed by atoms with Crippen LogP contribution in [0.4, 0.5) is 0 Å². The molecule has 1 rings (SSSR count). The van der Waals surface area contributed by atoms with Crippen LogP contribution in [-0.2, 0) is 0 Å². The summed E-state index contributed by atoms with van der Waals surface area (Å²) in [6.45, 7) is 0. The van der Waals surface area contributed by atoms with Gasteiger partial charge in [0.15, 0.2) is 0 Å². The molecule has 1 aromatic carbocycles. The fourth-order valence-corrected chi connectivity index (χ4v) is 0.930. The zero-order valence-corrected chi connectivity index (χ0v) is 6.60. The van der Waals surface area contributed by atoms with Gasteiger partial charge in [0.2, 0.25) is 0 Å². The van der Waals surface area contributed by atoms with Crippen LogP contribution in [0, 0.1) is 22.7 Å². The summed E-state index contributed by atoms with van der Waals surface area (Å²) >= 11 is 0. The molecule has 62 valence electrons. The van der Waals surface area contributed by atoms with Gasteiger partial charge < -0.3 is 10.0 Å². The van der Waals surface area contributed by atoms with E-state index in [0.717, 1.165) is 0 Å². The van der Waals surface area contributed by atoms with Crippen LogP contribution in [0.2, 0.25) is 0 Å². The fraction of sp³-hybridized carbons (Fsp3) is 0. The Morgan fingerprint density at radius 1 is 1.00 bits per heavy atom. The highest BCUT2D eigenvalue weighted by Crippen LogP contribution is 2.00. The van der Waals surface area contributed by atoms with Gasteiger partial charge in [-0.1, -0.05) is 0 Å². The van der Waals surface area contributed by atoms with Crippen molar-refractivity contribution in [2.24, 2.45) is 0 Å². The molecular formula is C8H5BN2O2. The molecule has 0 amide bonds. The normalized spacial score (nSPS) is 8.62. The van der Waals surface area contributed by atoms with Gasteiger partial charge in [-0.15, -0.1) is 0 Å². The van der Waals surface area contributed by atoms with Crippen LogP contribution in [0.3, 0.4) is 0 Å². The summed E-state index contributed by atoms with van der Waals surface area (Å²) in [5.41, 5.74) is 0.625. The summed E-state index contributed by atoms with van der Waals surface area (Å²) in [6, 6.07) is 7.68. The molecule has 5 heteroatoms.